The number of ether oxygens (including phenoxy) is 3. The number of aromatic amines is 1. The second-order valence-corrected chi connectivity index (χ2v) is 6.45. The van der Waals surface area contributed by atoms with Gasteiger partial charge in [-0.05, 0) is 12.1 Å². The zero-order valence-corrected chi connectivity index (χ0v) is 18.7. The molecule has 0 aliphatic rings. The fourth-order valence-corrected chi connectivity index (χ4v) is 3.41. The van der Waals surface area contributed by atoms with Gasteiger partial charge in [0.15, 0.2) is 16.7 Å². The maximum absolute atomic E-state index is 12.6. The van der Waals surface area contributed by atoms with Crippen LogP contribution in [0.5, 0.6) is 17.2 Å². The van der Waals surface area contributed by atoms with Crippen molar-refractivity contribution in [2.24, 2.45) is 0 Å². The molecule has 13 heteroatoms. The molecule has 0 aliphatic carbocycles. The Morgan fingerprint density at radius 1 is 1.21 bits per heavy atom. The molecule has 9 nitrogen and oxygen atoms in total. The number of aromatic nitrogens is 3. The number of imidazole rings is 1. The van der Waals surface area contributed by atoms with Crippen LogP contribution in [-0.2, 0) is 16.6 Å². The number of rotatable bonds is 7. The summed E-state index contributed by atoms with van der Waals surface area (Å²) in [6, 6.07) is 5.89. The molecule has 5 N–H and O–H groups in total. The fourth-order valence-electron chi connectivity index (χ4n) is 2.40. The summed E-state index contributed by atoms with van der Waals surface area (Å²) in [6.07, 6.45) is 1.53. The molecule has 3 rings (SSSR count). The number of fused-ring (bicyclic) bond motifs is 1. The van der Waals surface area contributed by atoms with Crippen LogP contribution in [0.4, 0.5) is 8.78 Å². The second-order valence-electron chi connectivity index (χ2n) is 5.08. The zero-order valence-electron chi connectivity index (χ0n) is 16.9. The van der Waals surface area contributed by atoms with Crippen molar-refractivity contribution in [2.45, 2.75) is 17.5 Å². The minimum absolute atomic E-state index is 0. The van der Waals surface area contributed by atoms with Crippen LogP contribution in [0.2, 0.25) is 0 Å². The van der Waals surface area contributed by atoms with E-state index in [9.17, 15) is 13.0 Å². The molecule has 0 radical (unpaired) electrons. The van der Waals surface area contributed by atoms with Gasteiger partial charge in [0, 0.05) is 18.3 Å². The van der Waals surface area contributed by atoms with Crippen molar-refractivity contribution in [2.75, 3.05) is 14.2 Å². The third-order valence-corrected chi connectivity index (χ3v) is 4.67. The van der Waals surface area contributed by atoms with Crippen molar-refractivity contribution in [1.29, 1.82) is 0 Å². The van der Waals surface area contributed by atoms with Gasteiger partial charge in [-0.1, -0.05) is 0 Å². The molecule has 2 heterocycles. The minimum Gasteiger partial charge on any atom is -1.00 e. The van der Waals surface area contributed by atoms with E-state index < -0.39 is 17.4 Å². The third-order valence-electron chi connectivity index (χ3n) is 3.51. The minimum atomic E-state index is -2.92. The Kier molecular flexibility index (Phi) is 11.2. The Morgan fingerprint density at radius 2 is 1.93 bits per heavy atom. The van der Waals surface area contributed by atoms with Crippen LogP contribution in [0.3, 0.4) is 0 Å². The first-order valence-electron chi connectivity index (χ1n) is 7.40. The van der Waals surface area contributed by atoms with Gasteiger partial charge in [-0.15, -0.1) is 0 Å². The van der Waals surface area contributed by atoms with E-state index >= 15 is 0 Å². The number of H-pyrrole nitrogens is 1. The monoisotopic (exact) mass is 443 g/mol. The number of pyridine rings is 1. The molecule has 3 aromatic rings. The Hall–Kier alpha value is -1.83. The maximum atomic E-state index is 12.6. The van der Waals surface area contributed by atoms with E-state index in [2.05, 4.69) is 19.7 Å². The fraction of sp³-hybridized carbons (Fsp3) is 0.250. The van der Waals surface area contributed by atoms with Crippen LogP contribution in [0, 0.1) is 0 Å². The van der Waals surface area contributed by atoms with Crippen molar-refractivity contribution in [3.8, 4) is 17.2 Å². The van der Waals surface area contributed by atoms with Gasteiger partial charge in [0.25, 0.3) is 0 Å². The Morgan fingerprint density at radius 3 is 2.55 bits per heavy atom. The van der Waals surface area contributed by atoms with Crippen LogP contribution >= 0.6 is 0 Å². The molecule has 0 fully saturated rings. The summed E-state index contributed by atoms with van der Waals surface area (Å²) in [7, 11) is 1.41. The molecule has 0 spiro atoms. The molecule has 1 atom stereocenters. The molecule has 0 aliphatic heterocycles. The van der Waals surface area contributed by atoms with Crippen LogP contribution in [-0.4, -0.2) is 50.9 Å². The molecule has 0 saturated heterocycles. The van der Waals surface area contributed by atoms with E-state index in [-0.39, 0.29) is 58.6 Å². The number of nitrogens with one attached hydrogen (secondary N) is 1. The standard InChI is InChI=1S/C16H15F2N3O4S.Na.2H2O.H/c1-23-13-5-6-19-12(14(13)24-2)8-26(22)16-20-10-4-3-9(25-15(17)18)7-11(10)21-16;;;;/h3-7,15H,8H2,1-2H3,(H,20,21);;2*1H2;/q;+1;;;-1. The molecule has 1 aromatic carbocycles. The van der Waals surface area contributed by atoms with Crippen LogP contribution in [0.1, 0.15) is 7.12 Å². The molecule has 29 heavy (non-hydrogen) atoms. The van der Waals surface area contributed by atoms with Gasteiger partial charge in [-0.25, -0.2) is 4.98 Å². The summed E-state index contributed by atoms with van der Waals surface area (Å²) in [4.78, 5) is 11.3. The van der Waals surface area contributed by atoms with Gasteiger partial charge in [-0.3, -0.25) is 9.19 Å². The second kappa shape index (κ2) is 12.0. The third kappa shape index (κ3) is 6.32. The number of nitrogens with zero attached hydrogens (tertiary/aromatic N) is 2. The maximum Gasteiger partial charge on any atom is 1.00 e. The smallest absolute Gasteiger partial charge is 1.00 e. The van der Waals surface area contributed by atoms with Gasteiger partial charge >= 0.3 is 36.2 Å². The van der Waals surface area contributed by atoms with E-state index in [1.165, 1.54) is 38.6 Å². The Bertz CT molecular complexity index is 966. The van der Waals surface area contributed by atoms with Gasteiger partial charge < -0.3 is 31.6 Å². The van der Waals surface area contributed by atoms with Crippen molar-refractivity contribution in [1.82, 2.24) is 15.0 Å². The van der Waals surface area contributed by atoms with Crippen LogP contribution in [0.25, 0.3) is 11.0 Å². The Labute approximate surface area is 190 Å². The molecule has 156 valence electrons. The summed E-state index contributed by atoms with van der Waals surface area (Å²) in [5.41, 5.74) is 1.38. The van der Waals surface area contributed by atoms with Crippen molar-refractivity contribution >= 4 is 21.8 Å². The normalized spacial score (nSPS) is 11.1. The zero-order chi connectivity index (χ0) is 18.7. The van der Waals surface area contributed by atoms with Gasteiger partial charge in [0.1, 0.15) is 5.75 Å². The molecular weight excluding hydrogens is 423 g/mol. The van der Waals surface area contributed by atoms with Gasteiger partial charge in [0.2, 0.25) is 0 Å². The van der Waals surface area contributed by atoms with E-state index in [1.54, 1.807) is 6.07 Å². The first-order valence-corrected chi connectivity index (χ1v) is 8.72. The average Bonchev–Trinajstić information content (AvgIpc) is 3.04. The van der Waals surface area contributed by atoms with Gasteiger partial charge in [-0.2, -0.15) is 8.78 Å². The predicted octanol–water partition coefficient (Wildman–Crippen LogP) is -1.65. The van der Waals surface area contributed by atoms with E-state index in [0.29, 0.717) is 28.2 Å². The quantitative estimate of drug-likeness (QED) is 0.433. The van der Waals surface area contributed by atoms with E-state index in [0.717, 1.165) is 0 Å². The topological polar surface area (TPSA) is 149 Å². The molecule has 2 aromatic heterocycles. The van der Waals surface area contributed by atoms with Crippen molar-refractivity contribution in [3.63, 3.8) is 0 Å². The Balaban J connectivity index is 0. The average molecular weight is 443 g/mol. The van der Waals surface area contributed by atoms with Crippen LogP contribution in [0.15, 0.2) is 35.6 Å². The molecule has 0 bridgehead atoms. The summed E-state index contributed by atoms with van der Waals surface area (Å²) < 4.78 is 52.1. The van der Waals surface area contributed by atoms with E-state index in [4.69, 9.17) is 9.47 Å². The summed E-state index contributed by atoms with van der Waals surface area (Å²) in [6.45, 7) is -2.92. The van der Waals surface area contributed by atoms with Crippen LogP contribution < -0.4 is 43.8 Å². The number of halogens is 2. The van der Waals surface area contributed by atoms with Gasteiger partial charge in [0.05, 0.1) is 47.5 Å². The first kappa shape index (κ1) is 27.2. The number of hydrogen-bond donors (Lipinski definition) is 1. The number of benzene rings is 1. The summed E-state index contributed by atoms with van der Waals surface area (Å²) in [5, 5.41) is 0.195. The number of hydrogen-bond acceptors (Lipinski definition) is 6. The largest absolute Gasteiger partial charge is 1.00 e. The van der Waals surface area contributed by atoms with Crippen molar-refractivity contribution in [3.05, 3.63) is 36.2 Å². The molecule has 0 saturated carbocycles. The number of alkyl halides is 2. The molecule has 1 unspecified atom stereocenters. The number of methoxy groups -OCH3 is 2. The molecular formula is C16H20F2N3NaO6S. The summed E-state index contributed by atoms with van der Waals surface area (Å²) >= 11 is 0. The summed E-state index contributed by atoms with van der Waals surface area (Å²) in [5.74, 6) is 0.908. The first-order chi connectivity index (χ1) is 12.5. The predicted molar refractivity (Wildman–Crippen MR) is 98.5 cm³/mol. The van der Waals surface area contributed by atoms with E-state index in [1.807, 2.05) is 0 Å². The SMILES string of the molecule is COc1ccnc(CS(=O)c2nc3ccc(OC(F)F)cc3[nH]2)c1OC.O.O.[H-].[Na+]. The van der Waals surface area contributed by atoms with Crippen molar-refractivity contribution < 1.29 is 69.1 Å². The molecule has 0 amide bonds.